The lowest BCUT2D eigenvalue weighted by Gasteiger charge is -2.13. The highest BCUT2D eigenvalue weighted by atomic mass is 16.5. The van der Waals surface area contributed by atoms with E-state index in [9.17, 15) is 4.79 Å². The molecule has 1 saturated carbocycles. The minimum absolute atomic E-state index is 0.0898. The third kappa shape index (κ3) is 7.03. The van der Waals surface area contributed by atoms with Crippen molar-refractivity contribution in [3.8, 4) is 5.75 Å². The van der Waals surface area contributed by atoms with Crippen molar-refractivity contribution in [1.29, 1.82) is 0 Å². The smallest absolute Gasteiger partial charge is 0.306 e. The number of ether oxygens (including phenoxy) is 2. The normalized spacial score (nSPS) is 15.0. The lowest BCUT2D eigenvalue weighted by Crippen LogP contribution is -2.37. The number of guanidine groups is 1. The number of nitrogens with zero attached hydrogens (tertiary/aromatic N) is 1. The fourth-order valence-corrected chi connectivity index (χ4v) is 2.88. The maximum atomic E-state index is 11.8. The quantitative estimate of drug-likeness (QED) is 0.327. The molecule has 0 heterocycles. The van der Waals surface area contributed by atoms with Gasteiger partial charge in [-0.15, -0.1) is 0 Å². The van der Waals surface area contributed by atoms with Crippen molar-refractivity contribution in [2.45, 2.75) is 51.2 Å². The number of aliphatic imine (C=N–C) groups is 1. The first-order valence-corrected chi connectivity index (χ1v) is 8.98. The minimum atomic E-state index is -0.0898. The van der Waals surface area contributed by atoms with Crippen molar-refractivity contribution in [3.05, 3.63) is 29.8 Å². The summed E-state index contributed by atoms with van der Waals surface area (Å²) in [6.07, 6.45) is 5.71. The molecule has 1 aromatic carbocycles. The molecule has 138 valence electrons. The third-order valence-electron chi connectivity index (χ3n) is 4.27. The number of methoxy groups -OCH3 is 1. The van der Waals surface area contributed by atoms with Crippen LogP contribution in [-0.4, -0.2) is 38.7 Å². The predicted molar refractivity (Wildman–Crippen MR) is 98.8 cm³/mol. The molecule has 0 unspecified atom stereocenters. The van der Waals surface area contributed by atoms with Gasteiger partial charge >= 0.3 is 5.97 Å². The molecule has 1 aliphatic carbocycles. The summed E-state index contributed by atoms with van der Waals surface area (Å²) in [5.41, 5.74) is 1.11. The van der Waals surface area contributed by atoms with E-state index < -0.39 is 0 Å². The van der Waals surface area contributed by atoms with Gasteiger partial charge in [0.2, 0.25) is 0 Å². The largest absolute Gasteiger partial charge is 0.497 e. The van der Waals surface area contributed by atoms with Crippen LogP contribution in [0.25, 0.3) is 0 Å². The van der Waals surface area contributed by atoms with Crippen molar-refractivity contribution >= 4 is 11.9 Å². The van der Waals surface area contributed by atoms with E-state index in [1.54, 1.807) is 14.2 Å². The average Bonchev–Trinajstić information content (AvgIpc) is 3.14. The molecule has 25 heavy (non-hydrogen) atoms. The van der Waals surface area contributed by atoms with Crippen molar-refractivity contribution in [1.82, 2.24) is 10.6 Å². The zero-order valence-electron chi connectivity index (χ0n) is 15.2. The number of esters is 1. The van der Waals surface area contributed by atoms with E-state index in [1.165, 1.54) is 12.8 Å². The molecule has 0 spiro atoms. The molecule has 2 N–H and O–H groups in total. The van der Waals surface area contributed by atoms with Crippen molar-refractivity contribution < 1.29 is 14.3 Å². The highest BCUT2D eigenvalue weighted by Gasteiger charge is 2.18. The first-order valence-electron chi connectivity index (χ1n) is 8.98. The highest BCUT2D eigenvalue weighted by molar-refractivity contribution is 5.79. The van der Waals surface area contributed by atoms with Crippen molar-refractivity contribution in [2.75, 3.05) is 20.7 Å². The van der Waals surface area contributed by atoms with Crippen LogP contribution in [0.3, 0.4) is 0 Å². The van der Waals surface area contributed by atoms with Crippen LogP contribution < -0.4 is 15.4 Å². The second-order valence-electron chi connectivity index (χ2n) is 6.20. The van der Waals surface area contributed by atoms with Crippen molar-refractivity contribution in [3.63, 3.8) is 0 Å². The van der Waals surface area contributed by atoms with Crippen LogP contribution in [0, 0.1) is 0 Å². The minimum Gasteiger partial charge on any atom is -0.497 e. The number of carbonyl (C=O) groups excluding carboxylic acids is 1. The van der Waals surface area contributed by atoms with Crippen molar-refractivity contribution in [2.24, 2.45) is 4.99 Å². The van der Waals surface area contributed by atoms with Gasteiger partial charge in [0.15, 0.2) is 5.96 Å². The monoisotopic (exact) mass is 347 g/mol. The Kier molecular flexibility index (Phi) is 8.09. The summed E-state index contributed by atoms with van der Waals surface area (Å²) < 4.78 is 10.7. The maximum absolute atomic E-state index is 11.8. The van der Waals surface area contributed by atoms with E-state index in [4.69, 9.17) is 9.47 Å². The summed E-state index contributed by atoms with van der Waals surface area (Å²) in [6.45, 7) is 1.33. The molecular weight excluding hydrogens is 318 g/mol. The summed E-state index contributed by atoms with van der Waals surface area (Å²) in [5.74, 6) is 1.46. The van der Waals surface area contributed by atoms with Crippen LogP contribution in [0.1, 0.15) is 44.1 Å². The van der Waals surface area contributed by atoms with E-state index in [-0.39, 0.29) is 12.1 Å². The number of rotatable bonds is 8. The fraction of sp³-hybridized carbons (Fsp3) is 0.579. The summed E-state index contributed by atoms with van der Waals surface area (Å²) in [7, 11) is 3.39. The summed E-state index contributed by atoms with van der Waals surface area (Å²) in [5, 5.41) is 6.47. The zero-order valence-corrected chi connectivity index (χ0v) is 15.2. The van der Waals surface area contributed by atoms with Gasteiger partial charge in [0, 0.05) is 26.6 Å². The Morgan fingerprint density at radius 3 is 2.80 bits per heavy atom. The van der Waals surface area contributed by atoms with Gasteiger partial charge in [-0.3, -0.25) is 9.79 Å². The molecule has 0 bridgehead atoms. The molecule has 0 aromatic heterocycles. The van der Waals surface area contributed by atoms with Gasteiger partial charge < -0.3 is 20.1 Å². The number of benzene rings is 1. The summed E-state index contributed by atoms with van der Waals surface area (Å²) in [6, 6.07) is 7.89. The van der Waals surface area contributed by atoms with Gasteiger partial charge in [0.25, 0.3) is 0 Å². The van der Waals surface area contributed by atoms with Gasteiger partial charge in [-0.05, 0) is 49.8 Å². The molecule has 2 rings (SSSR count). The Labute approximate surface area is 150 Å². The van der Waals surface area contributed by atoms with Crippen LogP contribution in [0.2, 0.25) is 0 Å². The first kappa shape index (κ1) is 19.1. The Morgan fingerprint density at radius 2 is 2.08 bits per heavy atom. The Hall–Kier alpha value is -2.24. The molecule has 0 amide bonds. The molecule has 0 atom stereocenters. The zero-order chi connectivity index (χ0) is 17.9. The molecule has 0 saturated heterocycles. The van der Waals surface area contributed by atoms with Crippen LogP contribution in [0.15, 0.2) is 29.3 Å². The first-order chi connectivity index (χ1) is 12.2. The van der Waals surface area contributed by atoms with Gasteiger partial charge in [0.05, 0.1) is 7.11 Å². The standard InChI is InChI=1S/C19H29N3O3/c1-20-19(22-14-15-7-5-10-17(13-15)24-2)21-12-6-11-18(23)25-16-8-3-4-9-16/h5,7,10,13,16H,3-4,6,8-9,11-12,14H2,1-2H3,(H2,20,21,22). The SMILES string of the molecule is CN=C(NCCCC(=O)OC1CCCC1)NCc1cccc(OC)c1. The third-order valence-corrected chi connectivity index (χ3v) is 4.27. The topological polar surface area (TPSA) is 72.0 Å². The molecule has 1 aromatic rings. The summed E-state index contributed by atoms with van der Waals surface area (Å²) >= 11 is 0. The number of hydrogen-bond acceptors (Lipinski definition) is 4. The molecule has 1 fully saturated rings. The molecule has 6 nitrogen and oxygen atoms in total. The second kappa shape index (κ2) is 10.6. The second-order valence-corrected chi connectivity index (χ2v) is 6.20. The molecule has 6 heteroatoms. The fourth-order valence-electron chi connectivity index (χ4n) is 2.88. The number of nitrogens with one attached hydrogen (secondary N) is 2. The van der Waals surface area contributed by atoms with Crippen LogP contribution >= 0.6 is 0 Å². The maximum Gasteiger partial charge on any atom is 0.306 e. The highest BCUT2D eigenvalue weighted by Crippen LogP contribution is 2.21. The molecule has 0 aliphatic heterocycles. The van der Waals surface area contributed by atoms with E-state index in [2.05, 4.69) is 15.6 Å². The summed E-state index contributed by atoms with van der Waals surface area (Å²) in [4.78, 5) is 16.0. The number of carbonyl (C=O) groups is 1. The van der Waals surface area contributed by atoms with Gasteiger partial charge in [-0.1, -0.05) is 12.1 Å². The van der Waals surface area contributed by atoms with E-state index in [1.807, 2.05) is 24.3 Å². The Bertz CT molecular complexity index is 569. The van der Waals surface area contributed by atoms with Crippen LogP contribution in [0.5, 0.6) is 5.75 Å². The van der Waals surface area contributed by atoms with E-state index >= 15 is 0 Å². The Balaban J connectivity index is 1.62. The van der Waals surface area contributed by atoms with Gasteiger partial charge in [-0.25, -0.2) is 0 Å². The average molecular weight is 347 g/mol. The van der Waals surface area contributed by atoms with Gasteiger partial charge in [-0.2, -0.15) is 0 Å². The predicted octanol–water partition coefficient (Wildman–Crippen LogP) is 2.63. The van der Waals surface area contributed by atoms with Crippen LogP contribution in [0.4, 0.5) is 0 Å². The molecular formula is C19H29N3O3. The lowest BCUT2D eigenvalue weighted by atomic mass is 10.2. The number of hydrogen-bond donors (Lipinski definition) is 2. The molecule has 0 radical (unpaired) electrons. The van der Waals surface area contributed by atoms with Crippen LogP contribution in [-0.2, 0) is 16.1 Å². The van der Waals surface area contributed by atoms with E-state index in [0.717, 1.165) is 30.6 Å². The Morgan fingerprint density at radius 1 is 1.28 bits per heavy atom. The van der Waals surface area contributed by atoms with Gasteiger partial charge in [0.1, 0.15) is 11.9 Å². The molecule has 1 aliphatic rings. The van der Waals surface area contributed by atoms with E-state index in [0.29, 0.717) is 25.5 Å². The lowest BCUT2D eigenvalue weighted by molar-refractivity contribution is -0.148.